The summed E-state index contributed by atoms with van der Waals surface area (Å²) in [6, 6.07) is 8.91. The first-order valence-electron chi connectivity index (χ1n) is 3.83. The third kappa shape index (κ3) is 3.89. The molecule has 0 spiro atoms. The summed E-state index contributed by atoms with van der Waals surface area (Å²) in [5.41, 5.74) is 0. The molecule has 0 saturated carbocycles. The van der Waals surface area contributed by atoms with Gasteiger partial charge in [0.25, 0.3) is 0 Å². The maximum Gasteiger partial charge on any atom is 0.315 e. The summed E-state index contributed by atoms with van der Waals surface area (Å²) in [5, 5.41) is 9.11. The molecule has 0 bridgehead atoms. The maximum absolute atomic E-state index is 9.11. The largest absolute Gasteiger partial charge is 0.441 e. The fourth-order valence-corrected chi connectivity index (χ4v) is 0.776. The maximum atomic E-state index is 9.11. The van der Waals surface area contributed by atoms with Gasteiger partial charge >= 0.3 is 6.48 Å². The van der Waals surface area contributed by atoms with Crippen LogP contribution in [0.25, 0.3) is 0 Å². The minimum atomic E-state index is -1.29. The van der Waals surface area contributed by atoms with Gasteiger partial charge < -0.3 is 14.6 Å². The van der Waals surface area contributed by atoms with Gasteiger partial charge in [0.05, 0.1) is 0 Å². The summed E-state index contributed by atoms with van der Waals surface area (Å²) in [7, 11) is 1.47. The smallest absolute Gasteiger partial charge is 0.315 e. The molecule has 0 fully saturated rings. The molecule has 13 heavy (non-hydrogen) atoms. The molecule has 72 valence electrons. The highest BCUT2D eigenvalue weighted by molar-refractivity contribution is 5.20. The molecular weight excluding hydrogens is 172 g/mol. The number of hydrogen-bond donors (Lipinski definition) is 1. The first-order valence-corrected chi connectivity index (χ1v) is 3.83. The molecule has 0 aliphatic heterocycles. The Kier molecular flexibility index (Phi) is 4.25. The molecule has 0 saturated heterocycles. The Morgan fingerprint density at radius 1 is 1.31 bits per heavy atom. The van der Waals surface area contributed by atoms with E-state index in [4.69, 9.17) is 14.6 Å². The van der Waals surface area contributed by atoms with Crippen molar-refractivity contribution in [2.75, 3.05) is 13.9 Å². The summed E-state index contributed by atoms with van der Waals surface area (Å²) in [6.45, 7) is -1.30. The topological polar surface area (TPSA) is 47.9 Å². The predicted octanol–water partition coefficient (Wildman–Crippen LogP) is 0.962. The van der Waals surface area contributed by atoms with Crippen LogP contribution in [-0.4, -0.2) is 25.5 Å². The average molecular weight is 184 g/mol. The van der Waals surface area contributed by atoms with Crippen LogP contribution in [0.4, 0.5) is 0 Å². The minimum Gasteiger partial charge on any atom is -0.441 e. The van der Waals surface area contributed by atoms with Gasteiger partial charge in [0.2, 0.25) is 0 Å². The number of benzene rings is 1. The molecule has 4 heteroatoms. The van der Waals surface area contributed by atoms with Gasteiger partial charge in [-0.25, -0.2) is 0 Å². The van der Waals surface area contributed by atoms with E-state index in [2.05, 4.69) is 4.74 Å². The number of aliphatic hydroxyl groups excluding tert-OH is 1. The lowest BCUT2D eigenvalue weighted by molar-refractivity contribution is -0.250. The number of aliphatic hydroxyl groups is 1. The molecule has 1 rings (SSSR count). The Bertz CT molecular complexity index is 224. The molecule has 1 N–H and O–H groups in total. The van der Waals surface area contributed by atoms with Crippen molar-refractivity contribution in [2.24, 2.45) is 0 Å². The summed E-state index contributed by atoms with van der Waals surface area (Å²) in [4.78, 5) is 0. The third-order valence-electron chi connectivity index (χ3n) is 1.31. The molecule has 1 aromatic carbocycles. The number of methoxy groups -OCH3 is 1. The Balaban J connectivity index is 2.32. The second-order valence-corrected chi connectivity index (χ2v) is 2.31. The highest BCUT2D eigenvalue weighted by atomic mass is 16.8. The van der Waals surface area contributed by atoms with Crippen molar-refractivity contribution < 1.29 is 19.3 Å². The second-order valence-electron chi connectivity index (χ2n) is 2.31. The molecule has 0 aliphatic carbocycles. The van der Waals surface area contributed by atoms with Crippen LogP contribution in [0.3, 0.4) is 0 Å². The van der Waals surface area contributed by atoms with Crippen LogP contribution in [0.15, 0.2) is 30.3 Å². The van der Waals surface area contributed by atoms with Gasteiger partial charge in [0, 0.05) is 7.11 Å². The molecule has 0 heterocycles. The fourth-order valence-electron chi connectivity index (χ4n) is 0.776. The standard InChI is InChI=1S/C9H12O4/c1-11-7-12-9(10)13-8-5-3-2-4-6-8/h2-6,9-10H,7H2,1H3. The highest BCUT2D eigenvalue weighted by Gasteiger charge is 2.03. The van der Waals surface area contributed by atoms with E-state index in [0.29, 0.717) is 5.75 Å². The fraction of sp³-hybridized carbons (Fsp3) is 0.333. The van der Waals surface area contributed by atoms with Gasteiger partial charge in [0.15, 0.2) is 6.79 Å². The molecule has 1 atom stereocenters. The van der Waals surface area contributed by atoms with Gasteiger partial charge in [-0.3, -0.25) is 4.74 Å². The number of rotatable bonds is 5. The molecule has 0 amide bonds. The Hall–Kier alpha value is -1.10. The van der Waals surface area contributed by atoms with E-state index >= 15 is 0 Å². The molecule has 4 nitrogen and oxygen atoms in total. The Morgan fingerprint density at radius 2 is 2.00 bits per heavy atom. The molecule has 0 aromatic heterocycles. The van der Waals surface area contributed by atoms with Crippen molar-refractivity contribution in [3.63, 3.8) is 0 Å². The molecule has 0 aliphatic rings. The van der Waals surface area contributed by atoms with Crippen molar-refractivity contribution in [3.05, 3.63) is 30.3 Å². The first kappa shape index (κ1) is 9.98. The summed E-state index contributed by atoms with van der Waals surface area (Å²) >= 11 is 0. The Morgan fingerprint density at radius 3 is 2.62 bits per heavy atom. The summed E-state index contributed by atoms with van der Waals surface area (Å²) in [6.07, 6.45) is 0. The van der Waals surface area contributed by atoms with Gasteiger partial charge in [-0.05, 0) is 12.1 Å². The van der Waals surface area contributed by atoms with E-state index in [-0.39, 0.29) is 6.79 Å². The SMILES string of the molecule is COCOC(O)Oc1ccccc1. The monoisotopic (exact) mass is 184 g/mol. The van der Waals surface area contributed by atoms with Crippen LogP contribution in [0.1, 0.15) is 0 Å². The van der Waals surface area contributed by atoms with E-state index in [9.17, 15) is 0 Å². The van der Waals surface area contributed by atoms with E-state index in [1.165, 1.54) is 7.11 Å². The Labute approximate surface area is 76.7 Å². The molecule has 1 unspecified atom stereocenters. The van der Waals surface area contributed by atoms with Gasteiger partial charge in [-0.1, -0.05) is 18.2 Å². The molecular formula is C9H12O4. The van der Waals surface area contributed by atoms with Crippen LogP contribution >= 0.6 is 0 Å². The summed E-state index contributed by atoms with van der Waals surface area (Å²) in [5.74, 6) is 0.547. The van der Waals surface area contributed by atoms with Crippen molar-refractivity contribution in [1.29, 1.82) is 0 Å². The van der Waals surface area contributed by atoms with Gasteiger partial charge in [0.1, 0.15) is 5.75 Å². The van der Waals surface area contributed by atoms with Crippen LogP contribution in [0.5, 0.6) is 5.75 Å². The minimum absolute atomic E-state index is 0.00595. The zero-order valence-electron chi connectivity index (χ0n) is 7.34. The van der Waals surface area contributed by atoms with Crippen LogP contribution in [-0.2, 0) is 9.47 Å². The molecule has 1 aromatic rings. The first-order chi connectivity index (χ1) is 6.33. The van der Waals surface area contributed by atoms with Crippen LogP contribution < -0.4 is 4.74 Å². The van der Waals surface area contributed by atoms with Crippen molar-refractivity contribution in [2.45, 2.75) is 6.48 Å². The normalized spacial score (nSPS) is 12.5. The predicted molar refractivity (Wildman–Crippen MR) is 46.0 cm³/mol. The lowest BCUT2D eigenvalue weighted by atomic mass is 10.3. The van der Waals surface area contributed by atoms with Crippen LogP contribution in [0, 0.1) is 0 Å². The van der Waals surface area contributed by atoms with E-state index in [1.54, 1.807) is 24.3 Å². The van der Waals surface area contributed by atoms with Gasteiger partial charge in [-0.15, -0.1) is 0 Å². The van der Waals surface area contributed by atoms with Crippen LogP contribution in [0.2, 0.25) is 0 Å². The lowest BCUT2D eigenvalue weighted by Gasteiger charge is -2.12. The highest BCUT2D eigenvalue weighted by Crippen LogP contribution is 2.10. The average Bonchev–Trinajstić information content (AvgIpc) is 2.16. The van der Waals surface area contributed by atoms with Crippen molar-refractivity contribution in [1.82, 2.24) is 0 Å². The number of para-hydroxylation sites is 1. The van der Waals surface area contributed by atoms with Crippen molar-refractivity contribution in [3.8, 4) is 5.75 Å². The van der Waals surface area contributed by atoms with E-state index < -0.39 is 6.48 Å². The summed E-state index contributed by atoms with van der Waals surface area (Å²) < 4.78 is 14.3. The quantitative estimate of drug-likeness (QED) is 0.692. The zero-order chi connectivity index (χ0) is 9.52. The lowest BCUT2D eigenvalue weighted by Crippen LogP contribution is -2.20. The van der Waals surface area contributed by atoms with Crippen molar-refractivity contribution >= 4 is 0 Å². The molecule has 0 radical (unpaired) electrons. The van der Waals surface area contributed by atoms with E-state index in [1.807, 2.05) is 6.07 Å². The zero-order valence-corrected chi connectivity index (χ0v) is 7.34. The number of hydrogen-bond acceptors (Lipinski definition) is 4. The van der Waals surface area contributed by atoms with Gasteiger partial charge in [-0.2, -0.15) is 0 Å². The van der Waals surface area contributed by atoms with E-state index in [0.717, 1.165) is 0 Å². The number of ether oxygens (including phenoxy) is 3. The second kappa shape index (κ2) is 5.53. The third-order valence-corrected chi connectivity index (χ3v) is 1.31.